The molecule has 6 heteroatoms. The number of benzene rings is 2. The third-order valence-corrected chi connectivity index (χ3v) is 8.23. The highest BCUT2D eigenvalue weighted by Gasteiger charge is 2.66. The van der Waals surface area contributed by atoms with Crippen LogP contribution >= 0.6 is 23.2 Å². The van der Waals surface area contributed by atoms with Crippen LogP contribution in [0.3, 0.4) is 0 Å². The number of aliphatic carboxylic acids is 1. The molecule has 1 unspecified atom stereocenters. The predicted molar refractivity (Wildman–Crippen MR) is 141 cm³/mol. The number of halogens is 2. The van der Waals surface area contributed by atoms with Crippen molar-refractivity contribution >= 4 is 35.1 Å². The van der Waals surface area contributed by atoms with E-state index in [2.05, 4.69) is 6.58 Å². The molecule has 4 nitrogen and oxygen atoms in total. The molecule has 2 fully saturated rings. The molecular weight excluding hydrogens is 481 g/mol. The van der Waals surface area contributed by atoms with Crippen molar-refractivity contribution in [2.75, 3.05) is 0 Å². The van der Waals surface area contributed by atoms with Gasteiger partial charge in [-0.1, -0.05) is 74.3 Å². The fourth-order valence-electron chi connectivity index (χ4n) is 6.21. The Morgan fingerprint density at radius 1 is 1.09 bits per heavy atom. The lowest BCUT2D eigenvalue weighted by Gasteiger charge is -2.57. The van der Waals surface area contributed by atoms with Gasteiger partial charge in [0.15, 0.2) is 0 Å². The lowest BCUT2D eigenvalue weighted by molar-refractivity contribution is -0.183. The average molecular weight is 514 g/mol. The largest absolute Gasteiger partial charge is 0.479 e. The molecule has 1 aliphatic heterocycles. The SMILES string of the molecule is C=CC[C@H]1C[C@H](c2cccc(Cl)c2)[C@@H](c2ccc(Cl)cc2)N(C(C(=O)O)(C2CC2)C(C)(C)C)C1=O. The molecule has 4 rings (SSSR count). The van der Waals surface area contributed by atoms with Crippen LogP contribution < -0.4 is 0 Å². The van der Waals surface area contributed by atoms with Crippen LogP contribution in [0.2, 0.25) is 10.0 Å². The van der Waals surface area contributed by atoms with E-state index >= 15 is 0 Å². The minimum atomic E-state index is -1.36. The fraction of sp³-hybridized carbons (Fsp3) is 0.448. The number of rotatable bonds is 7. The van der Waals surface area contributed by atoms with Crippen LogP contribution in [-0.4, -0.2) is 27.4 Å². The van der Waals surface area contributed by atoms with Gasteiger partial charge >= 0.3 is 5.97 Å². The van der Waals surface area contributed by atoms with Crippen molar-refractivity contribution in [1.29, 1.82) is 0 Å². The maximum absolute atomic E-state index is 14.3. The van der Waals surface area contributed by atoms with E-state index in [1.807, 2.05) is 57.2 Å². The van der Waals surface area contributed by atoms with Crippen LogP contribution in [0, 0.1) is 17.3 Å². The molecule has 1 amide bonds. The topological polar surface area (TPSA) is 57.6 Å². The molecule has 2 aromatic rings. The van der Waals surface area contributed by atoms with E-state index in [-0.39, 0.29) is 23.7 Å². The highest BCUT2D eigenvalue weighted by Crippen LogP contribution is 2.59. The lowest BCUT2D eigenvalue weighted by atomic mass is 9.64. The van der Waals surface area contributed by atoms with Crippen molar-refractivity contribution in [1.82, 2.24) is 4.90 Å². The summed E-state index contributed by atoms with van der Waals surface area (Å²) >= 11 is 12.6. The van der Waals surface area contributed by atoms with E-state index < -0.39 is 23.0 Å². The molecule has 186 valence electrons. The number of carbonyl (C=O) groups is 2. The van der Waals surface area contributed by atoms with Crippen molar-refractivity contribution in [3.8, 4) is 0 Å². The number of hydrogen-bond donors (Lipinski definition) is 1. The van der Waals surface area contributed by atoms with Gasteiger partial charge in [0.2, 0.25) is 5.91 Å². The Hall–Kier alpha value is -2.30. The summed E-state index contributed by atoms with van der Waals surface area (Å²) in [7, 11) is 0. The number of nitrogens with zero attached hydrogens (tertiary/aromatic N) is 1. The summed E-state index contributed by atoms with van der Waals surface area (Å²) in [4.78, 5) is 29.4. The van der Waals surface area contributed by atoms with E-state index in [0.29, 0.717) is 22.9 Å². The number of allylic oxidation sites excluding steroid dienone is 1. The van der Waals surface area contributed by atoms with Crippen LogP contribution in [0.5, 0.6) is 0 Å². The highest BCUT2D eigenvalue weighted by molar-refractivity contribution is 6.30. The second-order valence-corrected chi connectivity index (χ2v) is 11.8. The molecule has 0 radical (unpaired) electrons. The Kier molecular flexibility index (Phi) is 7.09. The number of likely N-dealkylation sites (tertiary alicyclic amines) is 1. The quantitative estimate of drug-likeness (QED) is 0.389. The van der Waals surface area contributed by atoms with Crippen LogP contribution in [-0.2, 0) is 9.59 Å². The standard InChI is InChI=1S/C29H33Cl2NO3/c1-5-7-20-17-24(19-8-6-9-23(31)16-19)25(18-10-14-22(30)15-11-18)32(26(20)33)29(27(34)35,21-12-13-21)28(2,3)4/h5-6,8-11,14-16,20-21,24-25H,1,7,12-13,17H2,2-4H3,(H,34,35)/t20-,24+,25+,29?/m0/s1. The second kappa shape index (κ2) is 9.63. The number of amides is 1. The van der Waals surface area contributed by atoms with Crippen LogP contribution in [0.4, 0.5) is 0 Å². The maximum atomic E-state index is 14.3. The van der Waals surface area contributed by atoms with Gasteiger partial charge in [0.25, 0.3) is 0 Å². The van der Waals surface area contributed by atoms with Crippen molar-refractivity contribution < 1.29 is 14.7 Å². The number of carboxylic acid groups (broad SMARTS) is 1. The average Bonchev–Trinajstić information content (AvgIpc) is 3.61. The number of piperidine rings is 1. The highest BCUT2D eigenvalue weighted by atomic mass is 35.5. The van der Waals surface area contributed by atoms with Gasteiger partial charge in [0.05, 0.1) is 6.04 Å². The first-order chi connectivity index (χ1) is 16.5. The number of carbonyl (C=O) groups excluding carboxylic acids is 1. The molecular formula is C29H33Cl2NO3. The summed E-state index contributed by atoms with van der Waals surface area (Å²) in [5.74, 6) is -1.67. The Balaban J connectivity index is 2.02. The maximum Gasteiger partial charge on any atom is 0.330 e. The lowest BCUT2D eigenvalue weighted by Crippen LogP contribution is -2.69. The molecule has 35 heavy (non-hydrogen) atoms. The molecule has 4 atom stereocenters. The zero-order chi connectivity index (χ0) is 25.5. The predicted octanol–water partition coefficient (Wildman–Crippen LogP) is 7.52. The summed E-state index contributed by atoms with van der Waals surface area (Å²) in [5.41, 5.74) is -0.186. The first-order valence-electron chi connectivity index (χ1n) is 12.2. The molecule has 2 aliphatic rings. The van der Waals surface area contributed by atoms with Crippen molar-refractivity contribution in [2.45, 2.75) is 64.0 Å². The molecule has 1 saturated heterocycles. The molecule has 1 heterocycles. The first-order valence-corrected chi connectivity index (χ1v) is 13.0. The van der Waals surface area contributed by atoms with E-state index in [0.717, 1.165) is 24.0 Å². The summed E-state index contributed by atoms with van der Waals surface area (Å²) < 4.78 is 0. The van der Waals surface area contributed by atoms with Crippen LogP contribution in [0.1, 0.15) is 69.5 Å². The third kappa shape index (κ3) is 4.51. The van der Waals surface area contributed by atoms with Gasteiger partial charge in [0.1, 0.15) is 5.54 Å². The third-order valence-electron chi connectivity index (χ3n) is 7.74. The zero-order valence-electron chi connectivity index (χ0n) is 20.5. The Labute approximate surface area is 217 Å². The Morgan fingerprint density at radius 3 is 2.26 bits per heavy atom. The van der Waals surface area contributed by atoms with E-state index in [1.54, 1.807) is 23.1 Å². The minimum Gasteiger partial charge on any atom is -0.479 e. The van der Waals surface area contributed by atoms with E-state index in [1.165, 1.54) is 0 Å². The number of hydrogen-bond acceptors (Lipinski definition) is 2. The van der Waals surface area contributed by atoms with Gasteiger partial charge < -0.3 is 10.0 Å². The van der Waals surface area contributed by atoms with Gasteiger partial charge in [0, 0.05) is 21.9 Å². The first kappa shape index (κ1) is 25.8. The smallest absolute Gasteiger partial charge is 0.330 e. The van der Waals surface area contributed by atoms with E-state index in [9.17, 15) is 14.7 Å². The minimum absolute atomic E-state index is 0.110. The summed E-state index contributed by atoms with van der Waals surface area (Å²) in [6.07, 6.45) is 4.40. The summed E-state index contributed by atoms with van der Waals surface area (Å²) in [5, 5.41) is 12.1. The summed E-state index contributed by atoms with van der Waals surface area (Å²) in [6, 6.07) is 14.7. The van der Waals surface area contributed by atoms with Gasteiger partial charge in [-0.15, -0.1) is 6.58 Å². The Bertz CT molecular complexity index is 1120. The van der Waals surface area contributed by atoms with Crippen LogP contribution in [0.25, 0.3) is 0 Å². The monoisotopic (exact) mass is 513 g/mol. The zero-order valence-corrected chi connectivity index (χ0v) is 22.0. The molecule has 1 saturated carbocycles. The van der Waals surface area contributed by atoms with Gasteiger partial charge in [-0.05, 0) is 72.4 Å². The van der Waals surface area contributed by atoms with Crippen LogP contribution in [0.15, 0.2) is 61.2 Å². The summed E-state index contributed by atoms with van der Waals surface area (Å²) in [6.45, 7) is 9.71. The van der Waals surface area contributed by atoms with Crippen molar-refractivity contribution in [3.05, 3.63) is 82.4 Å². The normalized spacial score (nSPS) is 24.7. The molecule has 2 aromatic carbocycles. The molecule has 1 aliphatic carbocycles. The molecule has 0 aromatic heterocycles. The molecule has 0 bridgehead atoms. The molecule has 0 spiro atoms. The van der Waals surface area contributed by atoms with Gasteiger partial charge in [-0.2, -0.15) is 0 Å². The van der Waals surface area contributed by atoms with Gasteiger partial charge in [-0.3, -0.25) is 4.79 Å². The second-order valence-electron chi connectivity index (χ2n) is 10.9. The molecule has 1 N–H and O–H groups in total. The fourth-order valence-corrected chi connectivity index (χ4v) is 6.53. The number of carboxylic acids is 1. The van der Waals surface area contributed by atoms with Crippen molar-refractivity contribution in [3.63, 3.8) is 0 Å². The van der Waals surface area contributed by atoms with E-state index in [4.69, 9.17) is 23.2 Å². The van der Waals surface area contributed by atoms with Gasteiger partial charge in [-0.25, -0.2) is 4.79 Å². The van der Waals surface area contributed by atoms with Crippen molar-refractivity contribution in [2.24, 2.45) is 17.3 Å². The Morgan fingerprint density at radius 2 is 1.74 bits per heavy atom.